The summed E-state index contributed by atoms with van der Waals surface area (Å²) in [6, 6.07) is 0. The van der Waals surface area contributed by atoms with E-state index in [-0.39, 0.29) is 5.38 Å². The number of rotatable bonds is 5. The molecule has 2 rings (SSSR count). The van der Waals surface area contributed by atoms with Crippen molar-refractivity contribution in [1.82, 2.24) is 9.78 Å². The van der Waals surface area contributed by atoms with Crippen molar-refractivity contribution in [2.45, 2.75) is 58.4 Å². The number of hydrogen-bond acceptors (Lipinski definition) is 1. The van der Waals surface area contributed by atoms with E-state index >= 15 is 0 Å². The SMILES string of the molecule is CCc1nn(CC2CC2)c(CC)c1C(C)Cl. The van der Waals surface area contributed by atoms with E-state index in [0.717, 1.165) is 25.3 Å². The Kier molecular flexibility index (Phi) is 3.58. The van der Waals surface area contributed by atoms with E-state index in [0.29, 0.717) is 0 Å². The summed E-state index contributed by atoms with van der Waals surface area (Å²) in [7, 11) is 0. The number of alkyl halides is 1. The summed E-state index contributed by atoms with van der Waals surface area (Å²) in [6.07, 6.45) is 4.76. The minimum Gasteiger partial charge on any atom is -0.269 e. The van der Waals surface area contributed by atoms with Crippen molar-refractivity contribution < 1.29 is 0 Å². The molecule has 0 spiro atoms. The zero-order chi connectivity index (χ0) is 11.7. The van der Waals surface area contributed by atoms with Gasteiger partial charge in [0.2, 0.25) is 0 Å². The lowest BCUT2D eigenvalue weighted by Crippen LogP contribution is -2.07. The smallest absolute Gasteiger partial charge is 0.0671 e. The average molecular weight is 241 g/mol. The summed E-state index contributed by atoms with van der Waals surface area (Å²) in [4.78, 5) is 0. The molecule has 1 unspecified atom stereocenters. The molecule has 0 aromatic carbocycles. The molecule has 1 saturated carbocycles. The summed E-state index contributed by atoms with van der Waals surface area (Å²) >= 11 is 6.28. The fourth-order valence-electron chi connectivity index (χ4n) is 2.35. The van der Waals surface area contributed by atoms with E-state index in [1.165, 1.54) is 29.8 Å². The Bertz CT molecular complexity index is 364. The van der Waals surface area contributed by atoms with Gasteiger partial charge in [-0.15, -0.1) is 11.6 Å². The summed E-state index contributed by atoms with van der Waals surface area (Å²) in [5, 5.41) is 4.81. The predicted octanol–water partition coefficient (Wildman–Crippen LogP) is 3.72. The summed E-state index contributed by atoms with van der Waals surface area (Å²) in [5.41, 5.74) is 3.83. The van der Waals surface area contributed by atoms with Gasteiger partial charge in [-0.1, -0.05) is 13.8 Å². The lowest BCUT2D eigenvalue weighted by molar-refractivity contribution is 0.536. The number of halogens is 1. The van der Waals surface area contributed by atoms with Crippen LogP contribution >= 0.6 is 11.6 Å². The Morgan fingerprint density at radius 1 is 1.38 bits per heavy atom. The molecule has 3 heteroatoms. The number of nitrogens with zero attached hydrogens (tertiary/aromatic N) is 2. The molecule has 1 aliphatic rings. The van der Waals surface area contributed by atoms with E-state index in [4.69, 9.17) is 16.7 Å². The van der Waals surface area contributed by atoms with Crippen molar-refractivity contribution in [2.24, 2.45) is 5.92 Å². The molecule has 2 nitrogen and oxygen atoms in total. The maximum atomic E-state index is 6.28. The van der Waals surface area contributed by atoms with Crippen LogP contribution in [0.25, 0.3) is 0 Å². The zero-order valence-corrected chi connectivity index (χ0v) is 11.2. The highest BCUT2D eigenvalue weighted by Crippen LogP contribution is 2.33. The minimum absolute atomic E-state index is 0.0813. The van der Waals surface area contributed by atoms with Crippen LogP contribution in [-0.4, -0.2) is 9.78 Å². The fraction of sp³-hybridized carbons (Fsp3) is 0.769. The van der Waals surface area contributed by atoms with Crippen LogP contribution in [0.15, 0.2) is 0 Å². The monoisotopic (exact) mass is 240 g/mol. The first-order valence-electron chi connectivity index (χ1n) is 6.39. The second-order valence-electron chi connectivity index (χ2n) is 4.76. The largest absolute Gasteiger partial charge is 0.269 e. The fourth-order valence-corrected chi connectivity index (χ4v) is 2.61. The molecule has 1 aliphatic carbocycles. The van der Waals surface area contributed by atoms with E-state index in [2.05, 4.69) is 25.5 Å². The molecule has 1 heterocycles. The highest BCUT2D eigenvalue weighted by atomic mass is 35.5. The zero-order valence-electron chi connectivity index (χ0n) is 10.5. The van der Waals surface area contributed by atoms with Gasteiger partial charge in [0.15, 0.2) is 0 Å². The summed E-state index contributed by atoms with van der Waals surface area (Å²) in [5.74, 6) is 0.869. The van der Waals surface area contributed by atoms with Gasteiger partial charge in [-0.25, -0.2) is 0 Å². The van der Waals surface area contributed by atoms with Gasteiger partial charge in [-0.3, -0.25) is 4.68 Å². The highest BCUT2D eigenvalue weighted by molar-refractivity contribution is 6.20. The molecule has 0 N–H and O–H groups in total. The van der Waals surface area contributed by atoms with Gasteiger partial charge in [-0.2, -0.15) is 5.10 Å². The van der Waals surface area contributed by atoms with Crippen LogP contribution in [-0.2, 0) is 19.4 Å². The Labute approximate surface area is 103 Å². The number of aryl methyl sites for hydroxylation is 1. The average Bonchev–Trinajstić information content (AvgIpc) is 2.97. The number of aromatic nitrogens is 2. The maximum absolute atomic E-state index is 6.28. The predicted molar refractivity (Wildman–Crippen MR) is 68.0 cm³/mol. The normalized spacial score (nSPS) is 17.8. The lowest BCUT2D eigenvalue weighted by atomic mass is 10.1. The van der Waals surface area contributed by atoms with E-state index < -0.39 is 0 Å². The van der Waals surface area contributed by atoms with E-state index in [1.54, 1.807) is 0 Å². The molecule has 0 saturated heterocycles. The van der Waals surface area contributed by atoms with E-state index in [9.17, 15) is 0 Å². The van der Waals surface area contributed by atoms with E-state index in [1.807, 2.05) is 0 Å². The molecule has 0 aliphatic heterocycles. The first kappa shape index (κ1) is 12.0. The molecule has 16 heavy (non-hydrogen) atoms. The van der Waals surface area contributed by atoms with Gasteiger partial charge in [0, 0.05) is 17.8 Å². The first-order valence-corrected chi connectivity index (χ1v) is 6.83. The topological polar surface area (TPSA) is 17.8 Å². The second kappa shape index (κ2) is 4.79. The molecular weight excluding hydrogens is 220 g/mol. The molecule has 0 bridgehead atoms. The third-order valence-electron chi connectivity index (χ3n) is 3.37. The van der Waals surface area contributed by atoms with Gasteiger partial charge < -0.3 is 0 Å². The Hall–Kier alpha value is -0.500. The van der Waals surface area contributed by atoms with Crippen LogP contribution in [0.4, 0.5) is 0 Å². The van der Waals surface area contributed by atoms with Crippen LogP contribution < -0.4 is 0 Å². The third kappa shape index (κ3) is 2.27. The van der Waals surface area contributed by atoms with Gasteiger partial charge in [0.05, 0.1) is 11.1 Å². The summed E-state index contributed by atoms with van der Waals surface area (Å²) < 4.78 is 2.21. The second-order valence-corrected chi connectivity index (χ2v) is 5.41. The van der Waals surface area contributed by atoms with Gasteiger partial charge >= 0.3 is 0 Å². The maximum Gasteiger partial charge on any atom is 0.0671 e. The molecule has 1 atom stereocenters. The molecule has 1 fully saturated rings. The Morgan fingerprint density at radius 3 is 2.50 bits per heavy atom. The van der Waals surface area contributed by atoms with Crippen LogP contribution in [0.5, 0.6) is 0 Å². The lowest BCUT2D eigenvalue weighted by Gasteiger charge is -2.08. The molecule has 1 aromatic rings. The third-order valence-corrected chi connectivity index (χ3v) is 3.59. The first-order chi connectivity index (χ1) is 7.67. The van der Waals surface area contributed by atoms with Crippen LogP contribution in [0, 0.1) is 5.92 Å². The van der Waals surface area contributed by atoms with Gasteiger partial charge in [0.25, 0.3) is 0 Å². The number of hydrogen-bond donors (Lipinski definition) is 0. The minimum atomic E-state index is 0.0813. The van der Waals surface area contributed by atoms with Crippen molar-refractivity contribution >= 4 is 11.6 Å². The van der Waals surface area contributed by atoms with Crippen LogP contribution in [0.1, 0.15) is 55.9 Å². The van der Waals surface area contributed by atoms with Crippen molar-refractivity contribution in [2.75, 3.05) is 0 Å². The van der Waals surface area contributed by atoms with Crippen molar-refractivity contribution in [3.8, 4) is 0 Å². The quantitative estimate of drug-likeness (QED) is 0.718. The summed E-state index contributed by atoms with van der Waals surface area (Å²) in [6.45, 7) is 7.51. The molecule has 0 radical (unpaired) electrons. The Morgan fingerprint density at radius 2 is 2.06 bits per heavy atom. The highest BCUT2D eigenvalue weighted by Gasteiger charge is 2.25. The van der Waals surface area contributed by atoms with Crippen molar-refractivity contribution in [3.05, 3.63) is 17.0 Å². The Balaban J connectivity index is 2.35. The van der Waals surface area contributed by atoms with Crippen molar-refractivity contribution in [3.63, 3.8) is 0 Å². The molecular formula is C13H21ClN2. The molecule has 0 amide bonds. The van der Waals surface area contributed by atoms with Crippen LogP contribution in [0.2, 0.25) is 0 Å². The van der Waals surface area contributed by atoms with Gasteiger partial charge in [-0.05, 0) is 38.5 Å². The molecule has 90 valence electrons. The standard InChI is InChI=1S/C13H21ClN2/c1-4-11-13(9(3)14)12(5-2)16(15-11)8-10-6-7-10/h9-10H,4-8H2,1-3H3. The molecule has 1 aromatic heterocycles. The van der Waals surface area contributed by atoms with Crippen molar-refractivity contribution in [1.29, 1.82) is 0 Å². The van der Waals surface area contributed by atoms with Crippen LogP contribution in [0.3, 0.4) is 0 Å². The van der Waals surface area contributed by atoms with Gasteiger partial charge in [0.1, 0.15) is 0 Å².